The van der Waals surface area contributed by atoms with Crippen molar-refractivity contribution in [2.75, 3.05) is 5.32 Å². The van der Waals surface area contributed by atoms with Crippen molar-refractivity contribution in [1.29, 1.82) is 0 Å². The van der Waals surface area contributed by atoms with Crippen molar-refractivity contribution in [3.05, 3.63) is 82.7 Å². The molecule has 3 heterocycles. The summed E-state index contributed by atoms with van der Waals surface area (Å²) in [5.74, 6) is -2.45. The van der Waals surface area contributed by atoms with Crippen LogP contribution in [0.5, 0.6) is 0 Å². The standard InChI is InChI=1S/C21H14F3N7O/c1-10(29-19-17-18(26-8-25-17)27-9-28-19)20-30-15-4-2-3-13(23)16(15)21(32)31(20)11-5-6-12(22)14(24)7-11/h2-10H,1H3,(H2,25,26,27,28,29)/t10-/m0/s1. The molecule has 5 aromatic rings. The Hall–Kier alpha value is -4.28. The molecule has 11 heteroatoms. The van der Waals surface area contributed by atoms with E-state index >= 15 is 0 Å². The van der Waals surface area contributed by atoms with Crippen molar-refractivity contribution in [2.24, 2.45) is 0 Å². The van der Waals surface area contributed by atoms with Gasteiger partial charge in [0.05, 0.1) is 23.6 Å². The molecule has 0 unspecified atom stereocenters. The Morgan fingerprint density at radius 1 is 1.03 bits per heavy atom. The van der Waals surface area contributed by atoms with E-state index < -0.39 is 29.1 Å². The number of benzene rings is 2. The van der Waals surface area contributed by atoms with Crippen LogP contribution in [0.4, 0.5) is 19.0 Å². The highest BCUT2D eigenvalue weighted by atomic mass is 19.2. The van der Waals surface area contributed by atoms with Crippen molar-refractivity contribution in [3.8, 4) is 5.69 Å². The zero-order valence-electron chi connectivity index (χ0n) is 16.5. The Kier molecular flexibility index (Phi) is 4.58. The Bertz CT molecular complexity index is 1550. The second-order valence-corrected chi connectivity index (χ2v) is 7.03. The van der Waals surface area contributed by atoms with E-state index in [0.29, 0.717) is 17.0 Å². The SMILES string of the molecule is C[C@H](Nc1ncnc2nc[nH]c12)c1nc2cccc(F)c2c(=O)n1-c1ccc(F)c(F)c1. The third-order valence-electron chi connectivity index (χ3n) is 5.00. The van der Waals surface area contributed by atoms with Gasteiger partial charge in [-0.25, -0.2) is 33.1 Å². The number of nitrogens with zero attached hydrogens (tertiary/aromatic N) is 5. The van der Waals surface area contributed by atoms with E-state index in [9.17, 15) is 18.0 Å². The Morgan fingerprint density at radius 3 is 2.69 bits per heavy atom. The third-order valence-corrected chi connectivity index (χ3v) is 5.00. The molecule has 3 aromatic heterocycles. The lowest BCUT2D eigenvalue weighted by atomic mass is 10.2. The summed E-state index contributed by atoms with van der Waals surface area (Å²) < 4.78 is 43.0. The molecule has 0 bridgehead atoms. The molecule has 160 valence electrons. The quantitative estimate of drug-likeness (QED) is 0.445. The maximum absolute atomic E-state index is 14.5. The first-order chi connectivity index (χ1) is 15.4. The molecule has 0 saturated heterocycles. The van der Waals surface area contributed by atoms with E-state index in [4.69, 9.17) is 0 Å². The summed E-state index contributed by atoms with van der Waals surface area (Å²) in [5, 5.41) is 2.87. The fourth-order valence-electron chi connectivity index (χ4n) is 3.52. The Labute approximate surface area is 177 Å². The highest BCUT2D eigenvalue weighted by molar-refractivity contribution is 5.82. The number of aromatic nitrogens is 6. The van der Waals surface area contributed by atoms with Crippen LogP contribution in [0.3, 0.4) is 0 Å². The van der Waals surface area contributed by atoms with Crippen molar-refractivity contribution < 1.29 is 13.2 Å². The smallest absolute Gasteiger partial charge is 0.269 e. The summed E-state index contributed by atoms with van der Waals surface area (Å²) >= 11 is 0. The van der Waals surface area contributed by atoms with E-state index in [1.165, 1.54) is 30.9 Å². The van der Waals surface area contributed by atoms with Crippen LogP contribution in [0.25, 0.3) is 27.8 Å². The molecule has 0 fully saturated rings. The molecule has 1 atom stereocenters. The molecule has 0 aliphatic heterocycles. The molecule has 5 rings (SSSR count). The molecule has 8 nitrogen and oxygen atoms in total. The molecule has 0 aliphatic rings. The maximum Gasteiger partial charge on any atom is 0.269 e. The zero-order chi connectivity index (χ0) is 22.4. The van der Waals surface area contributed by atoms with Gasteiger partial charge >= 0.3 is 0 Å². The molecule has 2 aromatic carbocycles. The molecular weight excluding hydrogens is 423 g/mol. The number of H-pyrrole nitrogens is 1. The van der Waals surface area contributed by atoms with Crippen molar-refractivity contribution in [2.45, 2.75) is 13.0 Å². The lowest BCUT2D eigenvalue weighted by Gasteiger charge is -2.20. The summed E-state index contributed by atoms with van der Waals surface area (Å²) in [7, 11) is 0. The van der Waals surface area contributed by atoms with Gasteiger partial charge in [0.2, 0.25) is 0 Å². The van der Waals surface area contributed by atoms with Gasteiger partial charge in [0.15, 0.2) is 23.1 Å². The first kappa shape index (κ1) is 19.7. The number of anilines is 1. The van der Waals surface area contributed by atoms with Crippen LogP contribution in [0.15, 0.2) is 53.8 Å². The number of rotatable bonds is 4. The van der Waals surface area contributed by atoms with E-state index in [0.717, 1.165) is 22.8 Å². The number of aromatic amines is 1. The van der Waals surface area contributed by atoms with E-state index in [2.05, 4.69) is 30.2 Å². The summed E-state index contributed by atoms with van der Waals surface area (Å²) in [4.78, 5) is 33.0. The Morgan fingerprint density at radius 2 is 1.88 bits per heavy atom. The number of imidazole rings is 1. The monoisotopic (exact) mass is 437 g/mol. The fourth-order valence-corrected chi connectivity index (χ4v) is 3.52. The van der Waals surface area contributed by atoms with Crippen molar-refractivity contribution >= 4 is 27.9 Å². The predicted molar refractivity (Wildman–Crippen MR) is 111 cm³/mol. The number of nitrogens with one attached hydrogen (secondary N) is 2. The molecule has 0 radical (unpaired) electrons. The third kappa shape index (κ3) is 3.14. The normalized spacial score (nSPS) is 12.4. The maximum atomic E-state index is 14.5. The topological polar surface area (TPSA) is 101 Å². The molecule has 0 amide bonds. The predicted octanol–water partition coefficient (Wildman–Crippen LogP) is 3.64. The zero-order valence-corrected chi connectivity index (χ0v) is 16.5. The average molecular weight is 437 g/mol. The van der Waals surface area contributed by atoms with Crippen LogP contribution in [0.2, 0.25) is 0 Å². The van der Waals surface area contributed by atoms with Gasteiger partial charge < -0.3 is 10.3 Å². The van der Waals surface area contributed by atoms with Crippen LogP contribution in [0, 0.1) is 17.5 Å². The van der Waals surface area contributed by atoms with Crippen LogP contribution >= 0.6 is 0 Å². The van der Waals surface area contributed by atoms with E-state index in [-0.39, 0.29) is 22.4 Å². The minimum atomic E-state index is -1.15. The lowest BCUT2D eigenvalue weighted by Crippen LogP contribution is -2.28. The number of halogens is 3. The fraction of sp³-hybridized carbons (Fsp3) is 0.0952. The molecule has 0 aliphatic carbocycles. The van der Waals surface area contributed by atoms with Gasteiger partial charge in [0.1, 0.15) is 28.9 Å². The molecule has 32 heavy (non-hydrogen) atoms. The minimum absolute atomic E-state index is 0.00424. The van der Waals surface area contributed by atoms with Crippen LogP contribution in [0.1, 0.15) is 18.8 Å². The van der Waals surface area contributed by atoms with Gasteiger partial charge in [-0.3, -0.25) is 9.36 Å². The van der Waals surface area contributed by atoms with Gasteiger partial charge in [-0.15, -0.1) is 0 Å². The van der Waals surface area contributed by atoms with Crippen LogP contribution < -0.4 is 10.9 Å². The van der Waals surface area contributed by atoms with Gasteiger partial charge in [0.25, 0.3) is 5.56 Å². The highest BCUT2D eigenvalue weighted by Crippen LogP contribution is 2.24. The number of fused-ring (bicyclic) bond motifs is 2. The van der Waals surface area contributed by atoms with Crippen molar-refractivity contribution in [1.82, 2.24) is 29.5 Å². The first-order valence-electron chi connectivity index (χ1n) is 9.51. The van der Waals surface area contributed by atoms with Gasteiger partial charge in [-0.1, -0.05) is 6.07 Å². The summed E-state index contributed by atoms with van der Waals surface area (Å²) in [5.41, 5.74) is 0.350. The largest absolute Gasteiger partial charge is 0.358 e. The van der Waals surface area contributed by atoms with Gasteiger partial charge in [-0.05, 0) is 31.2 Å². The van der Waals surface area contributed by atoms with Gasteiger partial charge in [0, 0.05) is 6.07 Å². The van der Waals surface area contributed by atoms with Gasteiger partial charge in [-0.2, -0.15) is 0 Å². The van der Waals surface area contributed by atoms with E-state index in [1.807, 2.05) is 0 Å². The number of hydrogen-bond donors (Lipinski definition) is 2. The number of hydrogen-bond acceptors (Lipinski definition) is 6. The minimum Gasteiger partial charge on any atom is -0.358 e. The summed E-state index contributed by atoms with van der Waals surface area (Å²) in [6.07, 6.45) is 2.79. The average Bonchev–Trinajstić information content (AvgIpc) is 3.25. The highest BCUT2D eigenvalue weighted by Gasteiger charge is 2.21. The molecule has 2 N–H and O–H groups in total. The van der Waals surface area contributed by atoms with E-state index in [1.54, 1.807) is 6.92 Å². The lowest BCUT2D eigenvalue weighted by molar-refractivity contribution is 0.507. The second-order valence-electron chi connectivity index (χ2n) is 7.03. The summed E-state index contributed by atoms with van der Waals surface area (Å²) in [6.45, 7) is 1.70. The molecular formula is C21H14F3N7O. The molecule has 0 saturated carbocycles. The first-order valence-corrected chi connectivity index (χ1v) is 9.51. The molecule has 0 spiro atoms. The Balaban J connectivity index is 1.73. The van der Waals surface area contributed by atoms with Crippen LogP contribution in [-0.4, -0.2) is 29.5 Å². The second kappa shape index (κ2) is 7.45. The van der Waals surface area contributed by atoms with Crippen LogP contribution in [-0.2, 0) is 0 Å². The van der Waals surface area contributed by atoms with Crippen molar-refractivity contribution in [3.63, 3.8) is 0 Å². The summed E-state index contributed by atoms with van der Waals surface area (Å²) in [6, 6.07) is 6.39.